The summed E-state index contributed by atoms with van der Waals surface area (Å²) in [7, 11) is 0. The van der Waals surface area contributed by atoms with Gasteiger partial charge in [-0.15, -0.1) is 0 Å². The number of hydrogen-bond donors (Lipinski definition) is 1. The summed E-state index contributed by atoms with van der Waals surface area (Å²) in [6, 6.07) is 1.99. The minimum Gasteiger partial charge on any atom is -0.506 e. The van der Waals surface area contributed by atoms with Crippen LogP contribution in [0.4, 0.5) is 0 Å². The molecule has 1 atom stereocenters. The van der Waals surface area contributed by atoms with Gasteiger partial charge in [-0.1, -0.05) is 5.16 Å². The second kappa shape index (κ2) is 5.79. The molecule has 21 heavy (non-hydrogen) atoms. The SMILES string of the molecule is CC(C)N1CCOC(c2noc(-c3cncc(O)c3)n2)C1. The molecular weight excluding hydrogens is 272 g/mol. The van der Waals surface area contributed by atoms with Crippen molar-refractivity contribution in [2.45, 2.75) is 26.0 Å². The Morgan fingerprint density at radius 1 is 1.38 bits per heavy atom. The summed E-state index contributed by atoms with van der Waals surface area (Å²) < 4.78 is 11.0. The van der Waals surface area contributed by atoms with Crippen molar-refractivity contribution in [3.05, 3.63) is 24.3 Å². The molecule has 7 heteroatoms. The van der Waals surface area contributed by atoms with Crippen LogP contribution >= 0.6 is 0 Å². The van der Waals surface area contributed by atoms with E-state index in [1.807, 2.05) is 0 Å². The summed E-state index contributed by atoms with van der Waals surface area (Å²) in [6.45, 7) is 6.62. The monoisotopic (exact) mass is 290 g/mol. The maximum absolute atomic E-state index is 9.44. The lowest BCUT2D eigenvalue weighted by Crippen LogP contribution is -2.42. The Morgan fingerprint density at radius 3 is 3.00 bits per heavy atom. The van der Waals surface area contributed by atoms with Gasteiger partial charge in [-0.3, -0.25) is 9.88 Å². The van der Waals surface area contributed by atoms with E-state index in [1.165, 1.54) is 12.3 Å². The van der Waals surface area contributed by atoms with E-state index in [2.05, 4.69) is 33.9 Å². The fraction of sp³-hybridized carbons (Fsp3) is 0.500. The Hall–Kier alpha value is -1.99. The highest BCUT2D eigenvalue weighted by Gasteiger charge is 2.27. The molecule has 7 nitrogen and oxygen atoms in total. The van der Waals surface area contributed by atoms with Gasteiger partial charge in [0.2, 0.25) is 5.82 Å². The summed E-state index contributed by atoms with van der Waals surface area (Å²) in [6.07, 6.45) is 2.73. The first kappa shape index (κ1) is 14.0. The van der Waals surface area contributed by atoms with Crippen molar-refractivity contribution in [1.82, 2.24) is 20.0 Å². The highest BCUT2D eigenvalue weighted by atomic mass is 16.5. The van der Waals surface area contributed by atoms with Crippen molar-refractivity contribution in [3.8, 4) is 17.2 Å². The quantitative estimate of drug-likeness (QED) is 0.919. The molecule has 0 spiro atoms. The molecule has 1 saturated heterocycles. The van der Waals surface area contributed by atoms with Crippen LogP contribution in [0.25, 0.3) is 11.5 Å². The van der Waals surface area contributed by atoms with E-state index in [0.717, 1.165) is 13.1 Å². The number of ether oxygens (including phenoxy) is 1. The Morgan fingerprint density at radius 2 is 2.24 bits per heavy atom. The maximum Gasteiger partial charge on any atom is 0.259 e. The number of aromatic nitrogens is 3. The lowest BCUT2D eigenvalue weighted by Gasteiger charge is -2.34. The van der Waals surface area contributed by atoms with Crippen LogP contribution in [-0.2, 0) is 4.74 Å². The third-order valence-corrected chi connectivity index (χ3v) is 3.53. The first-order valence-electron chi connectivity index (χ1n) is 6.97. The number of morpholine rings is 1. The molecule has 112 valence electrons. The maximum atomic E-state index is 9.44. The van der Waals surface area contributed by atoms with Crippen molar-refractivity contribution >= 4 is 0 Å². The zero-order valence-electron chi connectivity index (χ0n) is 12.1. The second-order valence-corrected chi connectivity index (χ2v) is 5.34. The molecule has 0 radical (unpaired) electrons. The van der Waals surface area contributed by atoms with E-state index in [9.17, 15) is 5.11 Å². The predicted octanol–water partition coefficient (Wildman–Crippen LogP) is 1.62. The molecule has 1 unspecified atom stereocenters. The van der Waals surface area contributed by atoms with E-state index in [0.29, 0.717) is 29.9 Å². The van der Waals surface area contributed by atoms with Crippen molar-refractivity contribution in [3.63, 3.8) is 0 Å². The highest BCUT2D eigenvalue weighted by Crippen LogP contribution is 2.25. The Labute approximate surface area is 122 Å². The highest BCUT2D eigenvalue weighted by molar-refractivity contribution is 5.53. The summed E-state index contributed by atoms with van der Waals surface area (Å²) in [5, 5.41) is 13.4. The van der Waals surface area contributed by atoms with Gasteiger partial charge in [0.25, 0.3) is 5.89 Å². The van der Waals surface area contributed by atoms with Crippen LogP contribution in [0.2, 0.25) is 0 Å². The van der Waals surface area contributed by atoms with Gasteiger partial charge in [0.15, 0.2) is 0 Å². The Bertz CT molecular complexity index is 614. The molecule has 0 bridgehead atoms. The van der Waals surface area contributed by atoms with Crippen LogP contribution < -0.4 is 0 Å². The minimum absolute atomic E-state index is 0.0622. The number of nitrogens with zero attached hydrogens (tertiary/aromatic N) is 4. The first-order chi connectivity index (χ1) is 10.1. The molecule has 2 aromatic rings. The van der Waals surface area contributed by atoms with Crippen molar-refractivity contribution < 1.29 is 14.4 Å². The molecule has 0 saturated carbocycles. The van der Waals surface area contributed by atoms with Crippen molar-refractivity contribution in [2.75, 3.05) is 19.7 Å². The van der Waals surface area contributed by atoms with Gasteiger partial charge in [-0.2, -0.15) is 4.98 Å². The van der Waals surface area contributed by atoms with Gasteiger partial charge >= 0.3 is 0 Å². The van der Waals surface area contributed by atoms with Gasteiger partial charge < -0.3 is 14.4 Å². The Balaban J connectivity index is 1.78. The third kappa shape index (κ3) is 3.03. The normalized spacial score (nSPS) is 20.0. The van der Waals surface area contributed by atoms with Crippen molar-refractivity contribution in [1.29, 1.82) is 0 Å². The van der Waals surface area contributed by atoms with Crippen LogP contribution in [0.15, 0.2) is 23.0 Å². The first-order valence-corrected chi connectivity index (χ1v) is 6.97. The third-order valence-electron chi connectivity index (χ3n) is 3.53. The molecule has 0 aromatic carbocycles. The zero-order valence-corrected chi connectivity index (χ0v) is 12.1. The average molecular weight is 290 g/mol. The number of hydrogen-bond acceptors (Lipinski definition) is 7. The van der Waals surface area contributed by atoms with E-state index in [4.69, 9.17) is 9.26 Å². The molecule has 2 aromatic heterocycles. The molecular formula is C14H18N4O3. The zero-order chi connectivity index (χ0) is 14.8. The lowest BCUT2D eigenvalue weighted by molar-refractivity contribution is -0.0450. The predicted molar refractivity (Wildman–Crippen MR) is 74.6 cm³/mol. The van der Waals surface area contributed by atoms with Gasteiger partial charge in [-0.05, 0) is 19.9 Å². The fourth-order valence-corrected chi connectivity index (χ4v) is 2.32. The number of aromatic hydroxyl groups is 1. The minimum atomic E-state index is -0.191. The Kier molecular flexibility index (Phi) is 3.85. The van der Waals surface area contributed by atoms with Crippen LogP contribution in [0.5, 0.6) is 5.75 Å². The van der Waals surface area contributed by atoms with Gasteiger partial charge in [0, 0.05) is 25.3 Å². The van der Waals surface area contributed by atoms with Gasteiger partial charge in [0.05, 0.1) is 18.4 Å². The van der Waals surface area contributed by atoms with E-state index < -0.39 is 0 Å². The average Bonchev–Trinajstić information content (AvgIpc) is 2.97. The molecule has 3 rings (SSSR count). The summed E-state index contributed by atoms with van der Waals surface area (Å²) in [5.41, 5.74) is 0.588. The van der Waals surface area contributed by atoms with E-state index in [1.54, 1.807) is 6.20 Å². The van der Waals surface area contributed by atoms with Gasteiger partial charge in [-0.25, -0.2) is 0 Å². The molecule has 1 N–H and O–H groups in total. The standard InChI is InChI=1S/C14H18N4O3/c1-9(2)18-3-4-20-12(8-18)13-16-14(21-17-13)10-5-11(19)7-15-6-10/h5-7,9,12,19H,3-4,8H2,1-2H3. The smallest absolute Gasteiger partial charge is 0.259 e. The molecule has 0 amide bonds. The van der Waals surface area contributed by atoms with Crippen LogP contribution in [0, 0.1) is 0 Å². The van der Waals surface area contributed by atoms with Crippen molar-refractivity contribution in [2.24, 2.45) is 0 Å². The molecule has 1 aliphatic rings. The van der Waals surface area contributed by atoms with Gasteiger partial charge in [0.1, 0.15) is 11.9 Å². The van der Waals surface area contributed by atoms with E-state index >= 15 is 0 Å². The lowest BCUT2D eigenvalue weighted by atomic mass is 10.2. The second-order valence-electron chi connectivity index (χ2n) is 5.34. The molecule has 3 heterocycles. The topological polar surface area (TPSA) is 84.5 Å². The van der Waals surface area contributed by atoms with Crippen LogP contribution in [0.1, 0.15) is 25.8 Å². The largest absolute Gasteiger partial charge is 0.506 e. The number of rotatable bonds is 3. The summed E-state index contributed by atoms with van der Waals surface area (Å²) in [4.78, 5) is 10.6. The summed E-state index contributed by atoms with van der Waals surface area (Å²) in [5.74, 6) is 0.921. The summed E-state index contributed by atoms with van der Waals surface area (Å²) >= 11 is 0. The van der Waals surface area contributed by atoms with Crippen LogP contribution in [0.3, 0.4) is 0 Å². The molecule has 1 aliphatic heterocycles. The van der Waals surface area contributed by atoms with E-state index in [-0.39, 0.29) is 11.9 Å². The number of pyridine rings is 1. The van der Waals surface area contributed by atoms with Crippen LogP contribution in [-0.4, -0.2) is 50.9 Å². The fourth-order valence-electron chi connectivity index (χ4n) is 2.32. The molecule has 1 fully saturated rings. The molecule has 0 aliphatic carbocycles.